The molecule has 3 N–H and O–H groups in total. The van der Waals surface area contributed by atoms with Crippen molar-refractivity contribution in [3.05, 3.63) is 69.8 Å². The number of carbonyl (C=O) groups excluding carboxylic acids is 1. The maximum Gasteiger partial charge on any atom is 0.173 e. The molecular formula is C20H13BrN4O2. The van der Waals surface area contributed by atoms with Crippen LogP contribution in [0.25, 0.3) is 0 Å². The molecule has 6 nitrogen and oxygen atoms in total. The number of aromatic hydroxyl groups is 1. The highest BCUT2D eigenvalue weighted by molar-refractivity contribution is 9.10. The lowest BCUT2D eigenvalue weighted by molar-refractivity contribution is 0.0995. The molecule has 0 saturated carbocycles. The molecular weight excluding hydrogens is 408 g/mol. The van der Waals surface area contributed by atoms with E-state index in [1.807, 2.05) is 0 Å². The molecule has 2 aromatic carbocycles. The third-order valence-corrected chi connectivity index (χ3v) is 4.96. The predicted molar refractivity (Wildman–Crippen MR) is 106 cm³/mol. The summed E-state index contributed by atoms with van der Waals surface area (Å²) in [7, 11) is 0. The van der Waals surface area contributed by atoms with Gasteiger partial charge in [0.05, 0.1) is 27.4 Å². The summed E-state index contributed by atoms with van der Waals surface area (Å²) in [5.41, 5.74) is 3.69. The second kappa shape index (κ2) is 6.74. The number of Topliss-reactive ketones (excluding diaryl/α,β-unsaturated/α-hetero) is 1. The van der Waals surface area contributed by atoms with Gasteiger partial charge in [-0.25, -0.2) is 4.98 Å². The largest absolute Gasteiger partial charge is 0.507 e. The summed E-state index contributed by atoms with van der Waals surface area (Å²) in [5, 5.41) is 25.3. The fourth-order valence-electron chi connectivity index (χ4n) is 3.01. The van der Waals surface area contributed by atoms with Crippen LogP contribution in [-0.2, 0) is 6.42 Å². The first-order valence-electron chi connectivity index (χ1n) is 8.13. The van der Waals surface area contributed by atoms with Crippen LogP contribution in [0.4, 0.5) is 22.9 Å². The molecule has 0 radical (unpaired) electrons. The zero-order chi connectivity index (χ0) is 19.0. The lowest BCUT2D eigenvalue weighted by Gasteiger charge is -2.14. The first-order valence-corrected chi connectivity index (χ1v) is 8.92. The fourth-order valence-corrected chi connectivity index (χ4v) is 3.26. The number of nitrogens with zero attached hydrogens (tertiary/aromatic N) is 2. The Kier molecular flexibility index (Phi) is 4.26. The Morgan fingerprint density at radius 2 is 2.07 bits per heavy atom. The van der Waals surface area contributed by atoms with Crippen molar-refractivity contribution in [2.24, 2.45) is 0 Å². The molecule has 0 spiro atoms. The van der Waals surface area contributed by atoms with Gasteiger partial charge in [0.25, 0.3) is 0 Å². The Bertz CT molecular complexity index is 1120. The van der Waals surface area contributed by atoms with Gasteiger partial charge < -0.3 is 15.7 Å². The first kappa shape index (κ1) is 17.1. The van der Waals surface area contributed by atoms with Gasteiger partial charge in [0.2, 0.25) is 0 Å². The number of aromatic nitrogens is 1. The number of pyridine rings is 1. The van der Waals surface area contributed by atoms with E-state index in [2.05, 4.69) is 37.6 Å². The van der Waals surface area contributed by atoms with Gasteiger partial charge in [0.1, 0.15) is 11.6 Å². The Balaban J connectivity index is 1.75. The quantitative estimate of drug-likeness (QED) is 0.558. The van der Waals surface area contributed by atoms with Crippen molar-refractivity contribution in [3.8, 4) is 11.8 Å². The Morgan fingerprint density at radius 1 is 1.22 bits per heavy atom. The van der Waals surface area contributed by atoms with Gasteiger partial charge in [-0.1, -0.05) is 0 Å². The number of ketones is 1. The summed E-state index contributed by atoms with van der Waals surface area (Å²) < 4.78 is 0.586. The lowest BCUT2D eigenvalue weighted by atomic mass is 10.0. The molecule has 132 valence electrons. The van der Waals surface area contributed by atoms with E-state index in [0.29, 0.717) is 32.8 Å². The number of nitriles is 1. The molecule has 0 saturated heterocycles. The summed E-state index contributed by atoms with van der Waals surface area (Å²) in [5.74, 6) is 0.444. The predicted octanol–water partition coefficient (Wildman–Crippen LogP) is 4.65. The van der Waals surface area contributed by atoms with E-state index in [0.717, 1.165) is 11.3 Å². The van der Waals surface area contributed by atoms with E-state index in [1.165, 1.54) is 0 Å². The second-order valence-corrected chi connectivity index (χ2v) is 6.94. The van der Waals surface area contributed by atoms with Crippen LogP contribution >= 0.6 is 15.9 Å². The molecule has 0 bridgehead atoms. The van der Waals surface area contributed by atoms with Crippen LogP contribution in [0.3, 0.4) is 0 Å². The Labute approximate surface area is 163 Å². The van der Waals surface area contributed by atoms with E-state index in [1.54, 1.807) is 48.7 Å². The molecule has 0 amide bonds. The molecule has 0 aliphatic carbocycles. The van der Waals surface area contributed by atoms with Crippen LogP contribution in [0.5, 0.6) is 5.75 Å². The number of hydrogen-bond donors (Lipinski definition) is 3. The highest BCUT2D eigenvalue weighted by Gasteiger charge is 2.24. The molecule has 0 unspecified atom stereocenters. The smallest absolute Gasteiger partial charge is 0.173 e. The van der Waals surface area contributed by atoms with Crippen LogP contribution < -0.4 is 10.6 Å². The van der Waals surface area contributed by atoms with Crippen molar-refractivity contribution < 1.29 is 9.90 Å². The molecule has 7 heteroatoms. The summed E-state index contributed by atoms with van der Waals surface area (Å²) in [6.07, 6.45) is 1.77. The lowest BCUT2D eigenvalue weighted by Crippen LogP contribution is -2.08. The van der Waals surface area contributed by atoms with E-state index >= 15 is 0 Å². The minimum atomic E-state index is -0.108. The molecule has 0 atom stereocenters. The minimum Gasteiger partial charge on any atom is -0.507 e. The van der Waals surface area contributed by atoms with Crippen LogP contribution in [0.15, 0.2) is 53.1 Å². The third kappa shape index (κ3) is 3.23. The number of phenolic OH excluding ortho intramolecular Hbond substituents is 1. The third-order valence-electron chi connectivity index (χ3n) is 4.29. The number of carbonyl (C=O) groups is 1. The zero-order valence-electron chi connectivity index (χ0n) is 14.0. The van der Waals surface area contributed by atoms with Gasteiger partial charge in [0.15, 0.2) is 5.78 Å². The van der Waals surface area contributed by atoms with Crippen molar-refractivity contribution in [1.82, 2.24) is 4.98 Å². The molecule has 4 rings (SSSR count). The Morgan fingerprint density at radius 3 is 2.85 bits per heavy atom. The van der Waals surface area contributed by atoms with Crippen LogP contribution in [0, 0.1) is 11.3 Å². The number of anilines is 4. The van der Waals surface area contributed by atoms with Crippen molar-refractivity contribution >= 4 is 44.6 Å². The number of nitrogens with one attached hydrogen (secondary N) is 2. The van der Waals surface area contributed by atoms with Crippen molar-refractivity contribution in [3.63, 3.8) is 0 Å². The number of benzene rings is 2. The number of fused-ring (bicyclic) bond motifs is 2. The topological polar surface area (TPSA) is 98.0 Å². The zero-order valence-corrected chi connectivity index (χ0v) is 15.5. The maximum absolute atomic E-state index is 12.9. The minimum absolute atomic E-state index is 0.0982. The highest BCUT2D eigenvalue weighted by Crippen LogP contribution is 2.35. The van der Waals surface area contributed by atoms with E-state index in [9.17, 15) is 9.90 Å². The Hall–Kier alpha value is -3.37. The number of phenols is 1. The summed E-state index contributed by atoms with van der Waals surface area (Å²) in [6, 6.07) is 14.1. The van der Waals surface area contributed by atoms with Gasteiger partial charge >= 0.3 is 0 Å². The molecule has 1 aromatic heterocycles. The highest BCUT2D eigenvalue weighted by atomic mass is 79.9. The molecule has 27 heavy (non-hydrogen) atoms. The van der Waals surface area contributed by atoms with E-state index < -0.39 is 0 Å². The van der Waals surface area contributed by atoms with Crippen LogP contribution in [-0.4, -0.2) is 15.9 Å². The van der Waals surface area contributed by atoms with Gasteiger partial charge in [0, 0.05) is 30.1 Å². The fraction of sp³-hybridized carbons (Fsp3) is 0.0500. The standard InChI is InChI=1S/C20H13BrN4O2/c21-14-3-2-13(9-17(14)26)24-16-5-6-23-20-19(16)18(27)8-12-7-11(10-22)1-4-15(12)25-20/h1-7,9,26H,8H2,(H2,23,24,25). The van der Waals surface area contributed by atoms with Crippen molar-refractivity contribution in [1.29, 1.82) is 5.26 Å². The number of halogens is 1. The summed E-state index contributed by atoms with van der Waals surface area (Å²) >= 11 is 3.25. The molecule has 0 fully saturated rings. The number of rotatable bonds is 2. The van der Waals surface area contributed by atoms with E-state index in [4.69, 9.17) is 5.26 Å². The monoisotopic (exact) mass is 420 g/mol. The molecule has 3 aromatic rings. The SMILES string of the molecule is N#Cc1ccc2c(c1)CC(=O)c1c(Nc3ccc(Br)c(O)c3)ccnc1N2. The molecule has 2 heterocycles. The van der Waals surface area contributed by atoms with E-state index in [-0.39, 0.29) is 18.0 Å². The van der Waals surface area contributed by atoms with Crippen molar-refractivity contribution in [2.75, 3.05) is 10.6 Å². The van der Waals surface area contributed by atoms with Gasteiger partial charge in [-0.3, -0.25) is 4.79 Å². The van der Waals surface area contributed by atoms with Crippen LogP contribution in [0.1, 0.15) is 21.5 Å². The molecule has 1 aliphatic rings. The maximum atomic E-state index is 12.9. The van der Waals surface area contributed by atoms with Gasteiger partial charge in [-0.2, -0.15) is 5.26 Å². The normalized spacial score (nSPS) is 12.2. The number of hydrogen-bond acceptors (Lipinski definition) is 6. The van der Waals surface area contributed by atoms with Crippen LogP contribution in [0.2, 0.25) is 0 Å². The summed E-state index contributed by atoms with van der Waals surface area (Å²) in [4.78, 5) is 17.3. The second-order valence-electron chi connectivity index (χ2n) is 6.08. The van der Waals surface area contributed by atoms with Crippen molar-refractivity contribution in [2.45, 2.75) is 6.42 Å². The van der Waals surface area contributed by atoms with Gasteiger partial charge in [-0.05, 0) is 57.9 Å². The molecule has 1 aliphatic heterocycles. The van der Waals surface area contributed by atoms with Gasteiger partial charge in [-0.15, -0.1) is 0 Å². The average Bonchev–Trinajstić information content (AvgIpc) is 2.80. The first-order chi connectivity index (χ1) is 13.0. The summed E-state index contributed by atoms with van der Waals surface area (Å²) in [6.45, 7) is 0. The average molecular weight is 421 g/mol.